The number of thiophene rings is 1. The third-order valence-electron chi connectivity index (χ3n) is 8.33. The number of anilines is 2. The molecule has 39 heavy (non-hydrogen) atoms. The van der Waals surface area contributed by atoms with Crippen molar-refractivity contribution in [2.24, 2.45) is 5.92 Å². The Labute approximate surface area is 234 Å². The summed E-state index contributed by atoms with van der Waals surface area (Å²) in [6.07, 6.45) is 2.06. The lowest BCUT2D eigenvalue weighted by Crippen LogP contribution is -2.51. The third kappa shape index (κ3) is 3.28. The van der Waals surface area contributed by atoms with Gasteiger partial charge in [-0.1, -0.05) is 60.1 Å². The van der Waals surface area contributed by atoms with Crippen LogP contribution in [0.2, 0.25) is 5.02 Å². The maximum absolute atomic E-state index is 14.7. The Bertz CT molecular complexity index is 1690. The number of para-hydroxylation sites is 2. The fraction of sp³-hybridized carbons (Fsp3) is 0.156. The molecule has 4 heterocycles. The number of amides is 1. The Morgan fingerprint density at radius 3 is 2.44 bits per heavy atom. The van der Waals surface area contributed by atoms with Crippen molar-refractivity contribution in [2.45, 2.75) is 24.4 Å². The molecule has 7 rings (SSSR count). The predicted molar refractivity (Wildman–Crippen MR) is 155 cm³/mol. The van der Waals surface area contributed by atoms with Gasteiger partial charge in [0.05, 0.1) is 16.8 Å². The molecular formula is C32H23ClN2O3S. The normalized spacial score (nSPS) is 24.6. The molecule has 0 radical (unpaired) electrons. The van der Waals surface area contributed by atoms with E-state index in [1.807, 2.05) is 71.8 Å². The summed E-state index contributed by atoms with van der Waals surface area (Å²) in [6.45, 7) is 2.02. The Morgan fingerprint density at radius 2 is 1.67 bits per heavy atom. The van der Waals surface area contributed by atoms with Crippen molar-refractivity contribution in [3.8, 4) is 0 Å². The number of halogens is 1. The summed E-state index contributed by atoms with van der Waals surface area (Å²) in [5, 5.41) is 5.43. The SMILES string of the molecule is CC1=C[C@@H]2N(c3ccccc31)[C@H](C(=O)c1cccs1)[C@@H](C(=O)c1ccc(Cl)cc1)[C@]21C(=O)Nc2ccccc21. The van der Waals surface area contributed by atoms with Gasteiger partial charge in [0.25, 0.3) is 0 Å². The maximum Gasteiger partial charge on any atom is 0.238 e. The van der Waals surface area contributed by atoms with Gasteiger partial charge in [-0.15, -0.1) is 11.3 Å². The van der Waals surface area contributed by atoms with Gasteiger partial charge in [-0.25, -0.2) is 0 Å². The van der Waals surface area contributed by atoms with Crippen LogP contribution in [0.25, 0.3) is 5.57 Å². The molecule has 1 amide bonds. The van der Waals surface area contributed by atoms with E-state index in [9.17, 15) is 14.4 Å². The molecule has 4 atom stereocenters. The number of fused-ring (bicyclic) bond motifs is 6. The fourth-order valence-electron chi connectivity index (χ4n) is 6.75. The lowest BCUT2D eigenvalue weighted by Gasteiger charge is -2.39. The summed E-state index contributed by atoms with van der Waals surface area (Å²) >= 11 is 7.51. The van der Waals surface area contributed by atoms with Gasteiger partial charge >= 0.3 is 0 Å². The minimum Gasteiger partial charge on any atom is -0.352 e. The number of benzene rings is 3. The van der Waals surface area contributed by atoms with Crippen LogP contribution >= 0.6 is 22.9 Å². The van der Waals surface area contributed by atoms with E-state index in [4.69, 9.17) is 11.6 Å². The zero-order valence-electron chi connectivity index (χ0n) is 20.9. The van der Waals surface area contributed by atoms with Crippen molar-refractivity contribution in [3.63, 3.8) is 0 Å². The highest BCUT2D eigenvalue weighted by Crippen LogP contribution is 2.58. The minimum atomic E-state index is -1.32. The highest BCUT2D eigenvalue weighted by atomic mass is 35.5. The number of Topliss-reactive ketones (excluding diaryl/α,β-unsaturated/α-hetero) is 2. The van der Waals surface area contributed by atoms with Crippen LogP contribution in [-0.4, -0.2) is 29.6 Å². The molecular weight excluding hydrogens is 528 g/mol. The second-order valence-corrected chi connectivity index (χ2v) is 11.6. The van der Waals surface area contributed by atoms with Crippen LogP contribution in [0.5, 0.6) is 0 Å². The number of hydrogen-bond acceptors (Lipinski definition) is 5. The van der Waals surface area contributed by atoms with Gasteiger partial charge in [-0.05, 0) is 65.9 Å². The number of carbonyl (C=O) groups is 3. The lowest BCUT2D eigenvalue weighted by atomic mass is 9.64. The van der Waals surface area contributed by atoms with Crippen molar-refractivity contribution < 1.29 is 14.4 Å². The van der Waals surface area contributed by atoms with E-state index in [1.165, 1.54) is 11.3 Å². The summed E-state index contributed by atoms with van der Waals surface area (Å²) in [4.78, 5) is 46.1. The highest BCUT2D eigenvalue weighted by molar-refractivity contribution is 7.12. The van der Waals surface area contributed by atoms with E-state index in [-0.39, 0.29) is 17.5 Å². The Hall–Kier alpha value is -4.00. The number of ketones is 2. The van der Waals surface area contributed by atoms with E-state index in [0.717, 1.165) is 22.4 Å². The largest absolute Gasteiger partial charge is 0.352 e. The van der Waals surface area contributed by atoms with Crippen LogP contribution in [0.1, 0.15) is 38.1 Å². The van der Waals surface area contributed by atoms with Gasteiger partial charge in [0.1, 0.15) is 11.5 Å². The van der Waals surface area contributed by atoms with Gasteiger partial charge in [0, 0.05) is 27.5 Å². The molecule has 3 aliphatic rings. The number of nitrogens with one attached hydrogen (secondary N) is 1. The molecule has 4 aromatic rings. The molecule has 7 heteroatoms. The molecule has 1 saturated heterocycles. The molecule has 0 aliphatic carbocycles. The van der Waals surface area contributed by atoms with Crippen molar-refractivity contribution in [1.82, 2.24) is 0 Å². The van der Waals surface area contributed by atoms with E-state index < -0.39 is 23.4 Å². The van der Waals surface area contributed by atoms with Crippen LogP contribution < -0.4 is 10.2 Å². The van der Waals surface area contributed by atoms with Gasteiger partial charge in [0.2, 0.25) is 5.91 Å². The molecule has 192 valence electrons. The van der Waals surface area contributed by atoms with Gasteiger partial charge in [-0.2, -0.15) is 0 Å². The van der Waals surface area contributed by atoms with E-state index in [2.05, 4.69) is 11.4 Å². The first-order chi connectivity index (χ1) is 18.9. The van der Waals surface area contributed by atoms with Crippen LogP contribution in [0, 0.1) is 5.92 Å². The molecule has 1 aromatic heterocycles. The number of allylic oxidation sites excluding steroid dienone is 1. The predicted octanol–water partition coefficient (Wildman–Crippen LogP) is 6.65. The van der Waals surface area contributed by atoms with Gasteiger partial charge < -0.3 is 10.2 Å². The zero-order valence-corrected chi connectivity index (χ0v) is 22.5. The molecule has 0 saturated carbocycles. The number of carbonyl (C=O) groups excluding carboxylic acids is 3. The number of nitrogens with zero attached hydrogens (tertiary/aromatic N) is 1. The van der Waals surface area contributed by atoms with Gasteiger partial charge in [0.15, 0.2) is 11.6 Å². The summed E-state index contributed by atoms with van der Waals surface area (Å²) in [5.74, 6) is -1.68. The zero-order chi connectivity index (χ0) is 26.9. The van der Waals surface area contributed by atoms with Crippen molar-refractivity contribution in [1.29, 1.82) is 0 Å². The summed E-state index contributed by atoms with van der Waals surface area (Å²) < 4.78 is 0. The molecule has 3 aliphatic heterocycles. The second-order valence-electron chi connectivity index (χ2n) is 10.2. The lowest BCUT2D eigenvalue weighted by molar-refractivity contribution is -0.121. The van der Waals surface area contributed by atoms with Crippen LogP contribution in [0.4, 0.5) is 11.4 Å². The first kappa shape index (κ1) is 24.1. The molecule has 0 unspecified atom stereocenters. The molecule has 3 aromatic carbocycles. The minimum absolute atomic E-state index is 0.167. The topological polar surface area (TPSA) is 66.5 Å². The fourth-order valence-corrected chi connectivity index (χ4v) is 7.57. The molecule has 1 fully saturated rings. The quantitative estimate of drug-likeness (QED) is 0.289. The molecule has 5 nitrogen and oxygen atoms in total. The summed E-state index contributed by atoms with van der Waals surface area (Å²) in [5.41, 5.74) is 3.34. The second kappa shape index (κ2) is 8.76. The Morgan fingerprint density at radius 1 is 0.923 bits per heavy atom. The van der Waals surface area contributed by atoms with E-state index in [0.29, 0.717) is 21.2 Å². The molecule has 1 N–H and O–H groups in total. The summed E-state index contributed by atoms with van der Waals surface area (Å²) in [7, 11) is 0. The Kier molecular flexibility index (Phi) is 5.41. The average Bonchev–Trinajstić information content (AvgIpc) is 3.66. The first-order valence-electron chi connectivity index (χ1n) is 12.8. The van der Waals surface area contributed by atoms with Crippen molar-refractivity contribution in [3.05, 3.63) is 123 Å². The standard InChI is InChI=1S/C32H23ClN2O3S/c1-18-17-26-32(22-8-3-4-9-23(22)34-31(32)38)27(29(36)19-12-14-20(33)15-13-19)28(30(37)25-11-6-16-39-25)35(26)24-10-5-2-7-21(18)24/h2-17,26-28H,1H3,(H,34,38)/t26-,27-,28-,32+/m0/s1. The van der Waals surface area contributed by atoms with Crippen LogP contribution in [0.15, 0.2) is 96.4 Å². The monoisotopic (exact) mass is 550 g/mol. The van der Waals surface area contributed by atoms with Crippen LogP contribution in [-0.2, 0) is 10.2 Å². The average molecular weight is 551 g/mol. The van der Waals surface area contributed by atoms with E-state index in [1.54, 1.807) is 30.3 Å². The first-order valence-corrected chi connectivity index (χ1v) is 14.0. The van der Waals surface area contributed by atoms with Crippen molar-refractivity contribution >= 4 is 57.4 Å². The van der Waals surface area contributed by atoms with Crippen LogP contribution in [0.3, 0.4) is 0 Å². The van der Waals surface area contributed by atoms with E-state index >= 15 is 0 Å². The molecule has 0 bridgehead atoms. The number of rotatable bonds is 4. The number of hydrogen-bond donors (Lipinski definition) is 1. The smallest absolute Gasteiger partial charge is 0.238 e. The van der Waals surface area contributed by atoms with Crippen molar-refractivity contribution in [2.75, 3.05) is 10.2 Å². The Balaban J connectivity index is 1.56. The maximum atomic E-state index is 14.7. The van der Waals surface area contributed by atoms with Gasteiger partial charge in [-0.3, -0.25) is 14.4 Å². The highest BCUT2D eigenvalue weighted by Gasteiger charge is 2.70. The molecule has 1 spiro atoms. The third-order valence-corrected chi connectivity index (χ3v) is 9.46. The summed E-state index contributed by atoms with van der Waals surface area (Å²) in [6, 6.07) is 24.3.